The molecule has 10 heteroatoms. The summed E-state index contributed by atoms with van der Waals surface area (Å²) in [5.41, 5.74) is 0.216. The highest BCUT2D eigenvalue weighted by molar-refractivity contribution is 8.03. The van der Waals surface area contributed by atoms with E-state index in [1.807, 2.05) is 36.4 Å². The number of thioether (sulfide) groups is 1. The summed E-state index contributed by atoms with van der Waals surface area (Å²) in [6.07, 6.45) is -0.901. The van der Waals surface area contributed by atoms with Crippen molar-refractivity contribution in [2.45, 2.75) is 39.5 Å². The summed E-state index contributed by atoms with van der Waals surface area (Å²) >= 11 is 1.21. The average molecular weight is 537 g/mol. The first kappa shape index (κ1) is 27.0. The quantitative estimate of drug-likeness (QED) is 0.397. The van der Waals surface area contributed by atoms with Gasteiger partial charge < -0.3 is 19.5 Å². The van der Waals surface area contributed by atoms with E-state index >= 15 is 0 Å². The second kappa shape index (κ2) is 11.6. The Bertz CT molecular complexity index is 1310. The molecule has 0 saturated carbocycles. The summed E-state index contributed by atoms with van der Waals surface area (Å²) in [7, 11) is 0. The number of fused-ring (bicyclic) bond motifs is 1. The molecule has 2 aromatic carbocycles. The second-order valence-electron chi connectivity index (χ2n) is 8.83. The Morgan fingerprint density at radius 3 is 2.08 bits per heavy atom. The van der Waals surface area contributed by atoms with Crippen LogP contribution in [-0.2, 0) is 41.8 Å². The third kappa shape index (κ3) is 5.45. The molecule has 0 aliphatic carbocycles. The molecule has 0 bridgehead atoms. The van der Waals surface area contributed by atoms with Crippen molar-refractivity contribution in [3.05, 3.63) is 93.7 Å². The number of benzene rings is 2. The first-order chi connectivity index (χ1) is 18.3. The van der Waals surface area contributed by atoms with Gasteiger partial charge in [0, 0.05) is 5.75 Å². The van der Waals surface area contributed by atoms with E-state index in [0.29, 0.717) is 11.3 Å². The van der Waals surface area contributed by atoms with Crippen LogP contribution in [0.15, 0.2) is 82.5 Å². The maximum Gasteiger partial charge on any atom is 0.408 e. The van der Waals surface area contributed by atoms with Gasteiger partial charge in [-0.25, -0.2) is 14.4 Å². The van der Waals surface area contributed by atoms with Gasteiger partial charge in [-0.3, -0.25) is 9.69 Å². The molecule has 2 aliphatic rings. The Labute approximate surface area is 224 Å². The van der Waals surface area contributed by atoms with Crippen LogP contribution in [0, 0.1) is 0 Å². The van der Waals surface area contributed by atoms with Gasteiger partial charge in [-0.2, -0.15) is 0 Å². The number of hydrogen-bond acceptors (Lipinski definition) is 8. The fraction of sp³-hybridized carbons (Fsp3) is 0.286. The molecule has 2 aliphatic heterocycles. The summed E-state index contributed by atoms with van der Waals surface area (Å²) in [4.78, 5) is 54.2. The lowest BCUT2D eigenvalue weighted by Crippen LogP contribution is -2.55. The van der Waals surface area contributed by atoms with Crippen molar-refractivity contribution in [1.82, 2.24) is 10.2 Å². The van der Waals surface area contributed by atoms with Crippen molar-refractivity contribution in [3.63, 3.8) is 0 Å². The molecule has 2 aromatic rings. The van der Waals surface area contributed by atoms with Crippen molar-refractivity contribution in [3.8, 4) is 0 Å². The Balaban J connectivity index is 1.66. The highest BCUT2D eigenvalue weighted by Gasteiger charge is 2.57. The molecule has 1 N–H and O–H groups in total. The topological polar surface area (TPSA) is 111 Å². The minimum Gasteiger partial charge on any atom is -0.461 e. The molecule has 9 nitrogen and oxygen atoms in total. The van der Waals surface area contributed by atoms with Gasteiger partial charge in [0.15, 0.2) is 5.54 Å². The van der Waals surface area contributed by atoms with Crippen molar-refractivity contribution in [2.75, 3.05) is 12.4 Å². The third-order valence-corrected chi connectivity index (χ3v) is 7.29. The number of hydrogen-bond donors (Lipinski definition) is 1. The minimum absolute atomic E-state index is 0.0298. The molecule has 1 unspecified atom stereocenters. The molecular weight excluding hydrogens is 508 g/mol. The van der Waals surface area contributed by atoms with E-state index in [2.05, 4.69) is 5.32 Å². The zero-order chi connectivity index (χ0) is 27.3. The van der Waals surface area contributed by atoms with Crippen molar-refractivity contribution >= 4 is 35.7 Å². The van der Waals surface area contributed by atoms with Crippen LogP contribution in [0.3, 0.4) is 0 Å². The van der Waals surface area contributed by atoms with Crippen LogP contribution < -0.4 is 5.32 Å². The Morgan fingerprint density at radius 2 is 1.50 bits per heavy atom. The highest BCUT2D eigenvalue weighted by Crippen LogP contribution is 2.46. The van der Waals surface area contributed by atoms with Crippen LogP contribution in [0.25, 0.3) is 0 Å². The van der Waals surface area contributed by atoms with E-state index in [4.69, 9.17) is 14.2 Å². The van der Waals surface area contributed by atoms with Gasteiger partial charge in [-0.05, 0) is 37.5 Å². The normalized spacial score (nSPS) is 18.7. The summed E-state index contributed by atoms with van der Waals surface area (Å²) in [6, 6.07) is 18.1. The number of ether oxygens (including phenoxy) is 3. The third-order valence-electron chi connectivity index (χ3n) is 6.05. The number of nitrogens with zero attached hydrogens (tertiary/aromatic N) is 1. The number of amides is 2. The van der Waals surface area contributed by atoms with Crippen molar-refractivity contribution < 1.29 is 33.4 Å². The van der Waals surface area contributed by atoms with E-state index < -0.39 is 29.5 Å². The molecule has 4 rings (SSSR count). The van der Waals surface area contributed by atoms with Crippen molar-refractivity contribution in [1.29, 1.82) is 0 Å². The predicted molar refractivity (Wildman–Crippen MR) is 140 cm³/mol. The van der Waals surface area contributed by atoms with Gasteiger partial charge >= 0.3 is 18.0 Å². The van der Waals surface area contributed by atoms with Crippen molar-refractivity contribution in [2.24, 2.45) is 0 Å². The number of esters is 2. The van der Waals surface area contributed by atoms with Crippen LogP contribution in [0.2, 0.25) is 0 Å². The van der Waals surface area contributed by atoms with Crippen LogP contribution >= 0.6 is 11.8 Å². The molecule has 0 radical (unpaired) electrons. The monoisotopic (exact) mass is 536 g/mol. The van der Waals surface area contributed by atoms with Gasteiger partial charge in [0.2, 0.25) is 0 Å². The number of alkyl carbamates (subject to hydrolysis) is 1. The first-order valence-electron chi connectivity index (χ1n) is 12.0. The molecule has 0 aromatic heterocycles. The molecule has 0 spiro atoms. The standard InChI is InChI=1S/C28H28N2O7S/c1-4-35-25(32)22-18(2)17-38-23-21(24(31)36-15-19-11-7-5-8-12-19)28(3,26(33)30(22)23)29-27(34)37-16-20-13-9-6-10-14-20/h5-14H,4,15-17H2,1-3H3,(H,29,34). The number of carbonyl (C=O) groups is 4. The van der Waals surface area contributed by atoms with Gasteiger partial charge in [0.1, 0.15) is 24.5 Å². The SMILES string of the molecule is CCOC(=O)C1=C(C)CSC2=C(C(=O)OCc3ccccc3)C(C)(NC(=O)OCc3ccccc3)C(=O)N21. The van der Waals surface area contributed by atoms with Crippen LogP contribution in [-0.4, -0.2) is 46.7 Å². The zero-order valence-corrected chi connectivity index (χ0v) is 22.1. The van der Waals surface area contributed by atoms with E-state index in [0.717, 1.165) is 16.0 Å². The van der Waals surface area contributed by atoms with E-state index in [1.165, 1.54) is 18.7 Å². The Hall–Kier alpha value is -4.05. The van der Waals surface area contributed by atoms with Crippen LogP contribution in [0.1, 0.15) is 31.9 Å². The molecule has 198 valence electrons. The van der Waals surface area contributed by atoms with Gasteiger partial charge in [0.25, 0.3) is 5.91 Å². The van der Waals surface area contributed by atoms with E-state index in [9.17, 15) is 19.2 Å². The predicted octanol–water partition coefficient (Wildman–Crippen LogP) is 4.05. The van der Waals surface area contributed by atoms with E-state index in [1.54, 1.807) is 38.1 Å². The number of nitrogens with one attached hydrogen (secondary N) is 1. The summed E-state index contributed by atoms with van der Waals surface area (Å²) < 4.78 is 16.1. The fourth-order valence-corrected chi connectivity index (χ4v) is 5.38. The lowest BCUT2D eigenvalue weighted by Gasteiger charge is -2.30. The maximum atomic E-state index is 13.9. The number of carbonyl (C=O) groups excluding carboxylic acids is 4. The molecule has 2 amide bonds. The van der Waals surface area contributed by atoms with Crippen LogP contribution in [0.5, 0.6) is 0 Å². The molecule has 0 saturated heterocycles. The Kier molecular flexibility index (Phi) is 8.21. The van der Waals surface area contributed by atoms with Crippen LogP contribution in [0.4, 0.5) is 4.79 Å². The smallest absolute Gasteiger partial charge is 0.408 e. The average Bonchev–Trinajstić information content (AvgIpc) is 3.13. The molecule has 38 heavy (non-hydrogen) atoms. The van der Waals surface area contributed by atoms with Gasteiger partial charge in [-0.1, -0.05) is 60.7 Å². The fourth-order valence-electron chi connectivity index (χ4n) is 4.16. The molecule has 2 heterocycles. The summed E-state index contributed by atoms with van der Waals surface area (Å²) in [5, 5.41) is 2.78. The van der Waals surface area contributed by atoms with Gasteiger partial charge in [-0.15, -0.1) is 11.8 Å². The zero-order valence-electron chi connectivity index (χ0n) is 21.3. The van der Waals surface area contributed by atoms with E-state index in [-0.39, 0.29) is 36.1 Å². The maximum absolute atomic E-state index is 13.9. The molecule has 0 fully saturated rings. The highest BCUT2D eigenvalue weighted by atomic mass is 32.2. The lowest BCUT2D eigenvalue weighted by molar-refractivity contribution is -0.144. The molecular formula is C28H28N2O7S. The Morgan fingerprint density at radius 1 is 0.921 bits per heavy atom. The minimum atomic E-state index is -1.85. The van der Waals surface area contributed by atoms with Gasteiger partial charge in [0.05, 0.1) is 11.6 Å². The molecule has 1 atom stereocenters. The number of rotatable bonds is 8. The second-order valence-corrected chi connectivity index (χ2v) is 9.80. The summed E-state index contributed by atoms with van der Waals surface area (Å²) in [6.45, 7) is 4.82. The largest absolute Gasteiger partial charge is 0.461 e. The lowest BCUT2D eigenvalue weighted by atomic mass is 9.94. The first-order valence-corrected chi connectivity index (χ1v) is 13.0. The summed E-state index contributed by atoms with van der Waals surface area (Å²) in [5.74, 6) is -1.83.